The molecule has 4 aromatic rings. The lowest BCUT2D eigenvalue weighted by molar-refractivity contribution is 0.0695. The van der Waals surface area contributed by atoms with E-state index >= 15 is 0 Å². The first kappa shape index (κ1) is 22.6. The highest BCUT2D eigenvalue weighted by Crippen LogP contribution is 2.44. The third-order valence-corrected chi connectivity index (χ3v) is 7.06. The minimum absolute atomic E-state index is 0.200. The van der Waals surface area contributed by atoms with Gasteiger partial charge in [-0.15, -0.1) is 0 Å². The Kier molecular flexibility index (Phi) is 6.11. The summed E-state index contributed by atoms with van der Waals surface area (Å²) in [5, 5.41) is 2.87. The molecule has 4 aromatic carbocycles. The monoisotopic (exact) mass is 491 g/mol. The number of halogens is 2. The molecule has 1 amide bonds. The summed E-state index contributed by atoms with van der Waals surface area (Å²) in [5.41, 5.74) is 3.46. The highest BCUT2D eigenvalue weighted by molar-refractivity contribution is 6.39. The van der Waals surface area contributed by atoms with Crippen LogP contribution in [0, 0.1) is 0 Å². The second-order valence-corrected chi connectivity index (χ2v) is 9.04. The van der Waals surface area contributed by atoms with Gasteiger partial charge in [0, 0.05) is 6.54 Å². The highest BCUT2D eigenvalue weighted by atomic mass is 35.5. The number of rotatable bonds is 4. The van der Waals surface area contributed by atoms with Gasteiger partial charge in [-0.1, -0.05) is 71.7 Å². The van der Waals surface area contributed by atoms with E-state index in [4.69, 9.17) is 32.7 Å². The highest BCUT2D eigenvalue weighted by Gasteiger charge is 2.36. The Balaban J connectivity index is 1.75. The summed E-state index contributed by atoms with van der Waals surface area (Å²) < 4.78 is 11.2. The molecule has 0 fully saturated rings. The van der Waals surface area contributed by atoms with E-state index in [1.165, 1.54) is 0 Å². The number of methoxy groups -OCH3 is 2. The Bertz CT molecular complexity index is 1380. The first-order valence-electron chi connectivity index (χ1n) is 11.0. The van der Waals surface area contributed by atoms with E-state index in [2.05, 4.69) is 24.3 Å². The second-order valence-electron chi connectivity index (χ2n) is 8.22. The topological polar surface area (TPSA) is 38.8 Å². The molecule has 0 saturated heterocycles. The van der Waals surface area contributed by atoms with Crippen LogP contribution in [0.4, 0.5) is 0 Å². The summed E-state index contributed by atoms with van der Waals surface area (Å²) in [7, 11) is 3.25. The van der Waals surface area contributed by atoms with Crippen molar-refractivity contribution in [2.24, 2.45) is 0 Å². The molecular weight excluding hydrogens is 469 g/mol. The van der Waals surface area contributed by atoms with Crippen molar-refractivity contribution in [1.29, 1.82) is 0 Å². The third kappa shape index (κ3) is 3.77. The fourth-order valence-corrected chi connectivity index (χ4v) is 5.39. The molecule has 0 bridgehead atoms. The van der Waals surface area contributed by atoms with Crippen molar-refractivity contribution < 1.29 is 14.3 Å². The van der Waals surface area contributed by atoms with Gasteiger partial charge in [0.1, 0.15) is 0 Å². The van der Waals surface area contributed by atoms with Crippen molar-refractivity contribution in [3.63, 3.8) is 0 Å². The van der Waals surface area contributed by atoms with Gasteiger partial charge >= 0.3 is 0 Å². The SMILES string of the molecule is COc1cc2c(cc1OC)[C@H](c1cccc3ccccc13)N(C(=O)c1c(Cl)cccc1Cl)CC2. The van der Waals surface area contributed by atoms with E-state index in [0.29, 0.717) is 40.1 Å². The van der Waals surface area contributed by atoms with E-state index in [0.717, 1.165) is 27.5 Å². The van der Waals surface area contributed by atoms with Crippen LogP contribution in [0.1, 0.15) is 33.1 Å². The number of carbonyl (C=O) groups excluding carboxylic acids is 1. The van der Waals surface area contributed by atoms with E-state index in [9.17, 15) is 4.79 Å². The van der Waals surface area contributed by atoms with Gasteiger partial charge in [-0.2, -0.15) is 0 Å². The van der Waals surface area contributed by atoms with Gasteiger partial charge < -0.3 is 14.4 Å². The Hall–Kier alpha value is -3.21. The minimum Gasteiger partial charge on any atom is -0.493 e. The molecule has 4 nitrogen and oxygen atoms in total. The van der Waals surface area contributed by atoms with Crippen LogP contribution < -0.4 is 9.47 Å². The molecule has 0 spiro atoms. The first-order valence-corrected chi connectivity index (χ1v) is 11.8. The lowest BCUT2D eigenvalue weighted by Crippen LogP contribution is -2.41. The largest absolute Gasteiger partial charge is 0.493 e. The van der Waals surface area contributed by atoms with Crippen LogP contribution in [-0.2, 0) is 6.42 Å². The summed E-state index contributed by atoms with van der Waals surface area (Å²) >= 11 is 12.9. The van der Waals surface area contributed by atoms with Crippen LogP contribution in [0.15, 0.2) is 72.8 Å². The van der Waals surface area contributed by atoms with Crippen molar-refractivity contribution in [3.05, 3.63) is 105 Å². The van der Waals surface area contributed by atoms with Gasteiger partial charge in [0.15, 0.2) is 11.5 Å². The number of hydrogen-bond acceptors (Lipinski definition) is 3. The van der Waals surface area contributed by atoms with Crippen molar-refractivity contribution in [2.45, 2.75) is 12.5 Å². The normalized spacial score (nSPS) is 15.2. The number of amides is 1. The Morgan fingerprint density at radius 2 is 1.50 bits per heavy atom. The van der Waals surface area contributed by atoms with Gasteiger partial charge in [0.05, 0.1) is 35.9 Å². The molecule has 0 saturated carbocycles. The number of fused-ring (bicyclic) bond motifs is 2. The predicted molar refractivity (Wildman–Crippen MR) is 137 cm³/mol. The lowest BCUT2D eigenvalue weighted by Gasteiger charge is -2.39. The fourth-order valence-electron chi connectivity index (χ4n) is 4.83. The summed E-state index contributed by atoms with van der Waals surface area (Å²) in [6, 6.07) is 23.1. The molecule has 0 aliphatic carbocycles. The van der Waals surface area contributed by atoms with Crippen LogP contribution >= 0.6 is 23.2 Å². The molecular formula is C28H23Cl2NO3. The smallest absolute Gasteiger partial charge is 0.257 e. The van der Waals surface area contributed by atoms with Crippen molar-refractivity contribution >= 4 is 39.9 Å². The van der Waals surface area contributed by atoms with Crippen molar-refractivity contribution in [2.75, 3.05) is 20.8 Å². The number of benzene rings is 4. The maximum atomic E-state index is 13.9. The summed E-state index contributed by atoms with van der Waals surface area (Å²) in [5.74, 6) is 1.09. The summed E-state index contributed by atoms with van der Waals surface area (Å²) in [4.78, 5) is 15.8. The van der Waals surface area contributed by atoms with E-state index in [1.807, 2.05) is 35.2 Å². The van der Waals surface area contributed by atoms with Gasteiger partial charge in [-0.25, -0.2) is 0 Å². The molecule has 0 N–H and O–H groups in total. The molecule has 0 radical (unpaired) electrons. The van der Waals surface area contributed by atoms with E-state index in [1.54, 1.807) is 32.4 Å². The summed E-state index contributed by atoms with van der Waals surface area (Å²) in [6.07, 6.45) is 0.671. The molecule has 1 heterocycles. The molecule has 0 aromatic heterocycles. The lowest BCUT2D eigenvalue weighted by atomic mass is 9.85. The Labute approximate surface area is 208 Å². The average molecular weight is 492 g/mol. The quantitative estimate of drug-likeness (QED) is 0.310. The Morgan fingerprint density at radius 1 is 0.853 bits per heavy atom. The number of nitrogens with zero attached hydrogens (tertiary/aromatic N) is 1. The Morgan fingerprint density at radius 3 is 2.24 bits per heavy atom. The number of hydrogen-bond donors (Lipinski definition) is 0. The first-order chi connectivity index (χ1) is 16.5. The average Bonchev–Trinajstić information content (AvgIpc) is 2.86. The van der Waals surface area contributed by atoms with Gasteiger partial charge in [0.2, 0.25) is 0 Å². The van der Waals surface area contributed by atoms with Crippen molar-refractivity contribution in [3.8, 4) is 11.5 Å². The van der Waals surface area contributed by atoms with Gasteiger partial charge in [-0.05, 0) is 58.1 Å². The van der Waals surface area contributed by atoms with Gasteiger partial charge in [-0.3, -0.25) is 4.79 Å². The molecule has 172 valence electrons. The molecule has 1 atom stereocenters. The minimum atomic E-state index is -0.352. The maximum absolute atomic E-state index is 13.9. The number of carbonyl (C=O) groups is 1. The third-order valence-electron chi connectivity index (χ3n) is 6.43. The van der Waals surface area contributed by atoms with Crippen LogP contribution in [-0.4, -0.2) is 31.6 Å². The molecule has 6 heteroatoms. The molecule has 34 heavy (non-hydrogen) atoms. The second kappa shape index (κ2) is 9.21. The molecule has 5 rings (SSSR count). The number of ether oxygens (including phenoxy) is 2. The summed E-state index contributed by atoms with van der Waals surface area (Å²) in [6.45, 7) is 0.511. The standard InChI is InChI=1S/C28H23Cl2NO3/c1-33-24-15-18-13-14-31(28(32)26-22(29)11-6-12-23(26)30)27(21(18)16-25(24)34-2)20-10-5-8-17-7-3-4-9-19(17)20/h3-12,15-16,27H,13-14H2,1-2H3/t27-/m0/s1. The van der Waals surface area contributed by atoms with Crippen LogP contribution in [0.3, 0.4) is 0 Å². The zero-order valence-electron chi connectivity index (χ0n) is 18.8. The maximum Gasteiger partial charge on any atom is 0.257 e. The van der Waals surface area contributed by atoms with Crippen LogP contribution in [0.25, 0.3) is 10.8 Å². The van der Waals surface area contributed by atoms with Crippen LogP contribution in [0.5, 0.6) is 11.5 Å². The molecule has 0 unspecified atom stereocenters. The molecule has 1 aliphatic heterocycles. The van der Waals surface area contributed by atoms with Gasteiger partial charge in [0.25, 0.3) is 5.91 Å². The predicted octanol–water partition coefficient (Wildman–Crippen LogP) is 6.95. The molecule has 1 aliphatic rings. The van der Waals surface area contributed by atoms with Crippen molar-refractivity contribution in [1.82, 2.24) is 4.90 Å². The fraction of sp³-hybridized carbons (Fsp3) is 0.179. The zero-order valence-corrected chi connectivity index (χ0v) is 20.4. The van der Waals surface area contributed by atoms with E-state index in [-0.39, 0.29) is 11.9 Å². The zero-order chi connectivity index (χ0) is 23.8. The van der Waals surface area contributed by atoms with E-state index < -0.39 is 0 Å². The van der Waals surface area contributed by atoms with Crippen LogP contribution in [0.2, 0.25) is 10.0 Å².